The molecule has 1 aromatic rings. The average Bonchev–Trinajstić information content (AvgIpc) is 2.81. The van der Waals surface area contributed by atoms with Crippen molar-refractivity contribution in [3.8, 4) is 5.75 Å². The van der Waals surface area contributed by atoms with Crippen molar-refractivity contribution in [2.24, 2.45) is 0 Å². The number of ether oxygens (including phenoxy) is 2. The SMILES string of the molecule is COc1ccc(CNC(=O)[C@@H](C)OC(=O)CN2C(=O)NC(C)(C)C2=O)cc1. The van der Waals surface area contributed by atoms with Crippen molar-refractivity contribution in [2.45, 2.75) is 39.0 Å². The third-order valence-corrected chi connectivity index (χ3v) is 4.03. The lowest BCUT2D eigenvalue weighted by molar-refractivity contribution is -0.156. The minimum atomic E-state index is -1.07. The molecule has 27 heavy (non-hydrogen) atoms. The molecule has 1 aliphatic heterocycles. The summed E-state index contributed by atoms with van der Waals surface area (Å²) in [6.45, 7) is 4.19. The Bertz CT molecular complexity index is 744. The van der Waals surface area contributed by atoms with Crippen molar-refractivity contribution in [3.05, 3.63) is 29.8 Å². The second-order valence-electron chi connectivity index (χ2n) is 6.64. The van der Waals surface area contributed by atoms with Gasteiger partial charge in [-0.1, -0.05) is 12.1 Å². The summed E-state index contributed by atoms with van der Waals surface area (Å²) in [6, 6.07) is 6.47. The molecule has 4 amide bonds. The molecule has 9 nitrogen and oxygen atoms in total. The van der Waals surface area contributed by atoms with Gasteiger partial charge in [-0.25, -0.2) is 4.79 Å². The molecule has 0 unspecified atom stereocenters. The summed E-state index contributed by atoms with van der Waals surface area (Å²) in [5.41, 5.74) is -0.220. The minimum absolute atomic E-state index is 0.256. The molecule has 2 N–H and O–H groups in total. The maximum Gasteiger partial charge on any atom is 0.327 e. The Morgan fingerprint density at radius 1 is 1.22 bits per heavy atom. The largest absolute Gasteiger partial charge is 0.497 e. The van der Waals surface area contributed by atoms with Gasteiger partial charge in [0.1, 0.15) is 17.8 Å². The fourth-order valence-electron chi connectivity index (χ4n) is 2.45. The lowest BCUT2D eigenvalue weighted by Crippen LogP contribution is -2.42. The third kappa shape index (κ3) is 4.96. The molecule has 1 aromatic carbocycles. The van der Waals surface area contributed by atoms with E-state index in [9.17, 15) is 19.2 Å². The molecule has 1 saturated heterocycles. The molecule has 1 fully saturated rings. The van der Waals surface area contributed by atoms with Crippen LogP contribution in [0.5, 0.6) is 5.75 Å². The molecule has 0 aromatic heterocycles. The van der Waals surface area contributed by atoms with E-state index in [1.807, 2.05) is 0 Å². The maximum atomic E-state index is 12.1. The van der Waals surface area contributed by atoms with Gasteiger partial charge in [-0.2, -0.15) is 0 Å². The van der Waals surface area contributed by atoms with E-state index in [1.54, 1.807) is 31.4 Å². The molecule has 1 atom stereocenters. The molecule has 1 aliphatic rings. The van der Waals surface area contributed by atoms with Crippen molar-refractivity contribution in [1.29, 1.82) is 0 Å². The summed E-state index contributed by atoms with van der Waals surface area (Å²) in [7, 11) is 1.56. The van der Waals surface area contributed by atoms with E-state index in [0.717, 1.165) is 10.5 Å². The van der Waals surface area contributed by atoms with E-state index < -0.39 is 42.0 Å². The highest BCUT2D eigenvalue weighted by Gasteiger charge is 2.45. The van der Waals surface area contributed by atoms with Crippen LogP contribution in [0.25, 0.3) is 0 Å². The smallest absolute Gasteiger partial charge is 0.327 e. The predicted octanol–water partition coefficient (Wildman–Crippen LogP) is 0.574. The van der Waals surface area contributed by atoms with Crippen molar-refractivity contribution in [1.82, 2.24) is 15.5 Å². The summed E-state index contributed by atoms with van der Waals surface area (Å²) in [5.74, 6) is -1.16. The van der Waals surface area contributed by atoms with Gasteiger partial charge in [0.25, 0.3) is 11.8 Å². The summed E-state index contributed by atoms with van der Waals surface area (Å²) in [4.78, 5) is 48.6. The zero-order valence-corrected chi connectivity index (χ0v) is 15.7. The van der Waals surface area contributed by atoms with Crippen molar-refractivity contribution >= 4 is 23.8 Å². The van der Waals surface area contributed by atoms with Crippen LogP contribution in [0.4, 0.5) is 4.79 Å². The van der Waals surface area contributed by atoms with Crippen LogP contribution in [0.1, 0.15) is 26.3 Å². The van der Waals surface area contributed by atoms with Crippen LogP contribution in [0.15, 0.2) is 24.3 Å². The van der Waals surface area contributed by atoms with E-state index in [-0.39, 0.29) is 6.54 Å². The van der Waals surface area contributed by atoms with Crippen LogP contribution >= 0.6 is 0 Å². The van der Waals surface area contributed by atoms with Gasteiger partial charge in [-0.05, 0) is 38.5 Å². The van der Waals surface area contributed by atoms with Crippen LogP contribution in [0.3, 0.4) is 0 Å². The highest BCUT2D eigenvalue weighted by Crippen LogP contribution is 2.16. The van der Waals surface area contributed by atoms with Gasteiger partial charge in [-0.3, -0.25) is 19.3 Å². The first kappa shape index (κ1) is 20.2. The van der Waals surface area contributed by atoms with Gasteiger partial charge in [-0.15, -0.1) is 0 Å². The van der Waals surface area contributed by atoms with Crippen molar-refractivity contribution in [3.63, 3.8) is 0 Å². The van der Waals surface area contributed by atoms with Crippen LogP contribution in [-0.2, 0) is 25.7 Å². The second-order valence-corrected chi connectivity index (χ2v) is 6.64. The van der Waals surface area contributed by atoms with E-state index in [4.69, 9.17) is 9.47 Å². The number of urea groups is 1. The summed E-state index contributed by atoms with van der Waals surface area (Å²) < 4.78 is 10.1. The Kier molecular flexibility index (Phi) is 6.04. The molecule has 1 heterocycles. The van der Waals surface area contributed by atoms with Gasteiger partial charge in [0.05, 0.1) is 7.11 Å². The summed E-state index contributed by atoms with van der Waals surface area (Å²) >= 11 is 0. The molecule has 0 radical (unpaired) electrons. The molecular weight excluding hydrogens is 354 g/mol. The Hall–Kier alpha value is -3.10. The fourth-order valence-corrected chi connectivity index (χ4v) is 2.45. The first-order valence-electron chi connectivity index (χ1n) is 8.38. The molecule has 0 aliphatic carbocycles. The molecule has 2 rings (SSSR count). The average molecular weight is 377 g/mol. The molecule has 0 spiro atoms. The van der Waals surface area contributed by atoms with Gasteiger partial charge >= 0.3 is 12.0 Å². The number of amides is 4. The number of hydrogen-bond acceptors (Lipinski definition) is 6. The number of benzene rings is 1. The summed E-state index contributed by atoms with van der Waals surface area (Å²) in [5, 5.41) is 5.11. The van der Waals surface area contributed by atoms with Crippen LogP contribution < -0.4 is 15.4 Å². The first-order chi connectivity index (χ1) is 12.6. The lowest BCUT2D eigenvalue weighted by atomic mass is 10.1. The Balaban J connectivity index is 1.82. The normalized spacial score (nSPS) is 16.5. The number of esters is 1. The van der Waals surface area contributed by atoms with E-state index in [1.165, 1.54) is 20.8 Å². The Morgan fingerprint density at radius 2 is 1.85 bits per heavy atom. The van der Waals surface area contributed by atoms with E-state index in [0.29, 0.717) is 5.75 Å². The fraction of sp³-hybridized carbons (Fsp3) is 0.444. The topological polar surface area (TPSA) is 114 Å². The van der Waals surface area contributed by atoms with Crippen LogP contribution in [0.2, 0.25) is 0 Å². The first-order valence-corrected chi connectivity index (χ1v) is 8.38. The number of rotatable bonds is 7. The van der Waals surface area contributed by atoms with Gasteiger partial charge in [0.2, 0.25) is 0 Å². The number of nitrogens with one attached hydrogen (secondary N) is 2. The highest BCUT2D eigenvalue weighted by atomic mass is 16.5. The third-order valence-electron chi connectivity index (χ3n) is 4.03. The number of carbonyl (C=O) groups excluding carboxylic acids is 4. The highest BCUT2D eigenvalue weighted by molar-refractivity contribution is 6.08. The number of carbonyl (C=O) groups is 4. The zero-order valence-electron chi connectivity index (χ0n) is 15.7. The number of hydrogen-bond donors (Lipinski definition) is 2. The quantitative estimate of drug-likeness (QED) is 0.531. The Morgan fingerprint density at radius 3 is 2.37 bits per heavy atom. The van der Waals surface area contributed by atoms with Crippen molar-refractivity contribution < 1.29 is 28.7 Å². The Labute approximate surface area is 157 Å². The van der Waals surface area contributed by atoms with E-state index in [2.05, 4.69) is 10.6 Å². The van der Waals surface area contributed by atoms with Gasteiger partial charge < -0.3 is 20.1 Å². The molecule has 146 valence electrons. The number of nitrogens with zero attached hydrogens (tertiary/aromatic N) is 1. The van der Waals surface area contributed by atoms with Crippen LogP contribution in [-0.4, -0.2) is 54.0 Å². The summed E-state index contributed by atoms with van der Waals surface area (Å²) in [6.07, 6.45) is -1.07. The lowest BCUT2D eigenvalue weighted by Gasteiger charge is -2.17. The maximum absolute atomic E-state index is 12.1. The monoisotopic (exact) mass is 377 g/mol. The number of imide groups is 1. The van der Waals surface area contributed by atoms with Gasteiger partial charge in [0, 0.05) is 6.54 Å². The number of methoxy groups -OCH3 is 1. The van der Waals surface area contributed by atoms with Crippen LogP contribution in [0, 0.1) is 0 Å². The molecule has 0 bridgehead atoms. The minimum Gasteiger partial charge on any atom is -0.497 e. The molecule has 9 heteroatoms. The second kappa shape index (κ2) is 8.07. The predicted molar refractivity (Wildman–Crippen MR) is 94.7 cm³/mol. The van der Waals surface area contributed by atoms with Gasteiger partial charge in [0.15, 0.2) is 6.10 Å². The van der Waals surface area contributed by atoms with E-state index >= 15 is 0 Å². The molecular formula is C18H23N3O6. The standard InChI is InChI=1S/C18H23N3O6/c1-11(15(23)19-9-12-5-7-13(26-4)8-6-12)27-14(22)10-21-16(24)18(2,3)20-17(21)25/h5-8,11H,9-10H2,1-4H3,(H,19,23)(H,20,25)/t11-/m1/s1. The zero-order chi connectivity index (χ0) is 20.2. The molecule has 0 saturated carbocycles. The van der Waals surface area contributed by atoms with Crippen molar-refractivity contribution in [2.75, 3.05) is 13.7 Å².